The van der Waals surface area contributed by atoms with E-state index in [1.165, 1.54) is 16.7 Å². The maximum atomic E-state index is 12.1. The van der Waals surface area contributed by atoms with Crippen molar-refractivity contribution >= 4 is 11.3 Å². The zero-order valence-corrected chi connectivity index (χ0v) is 6.04. The number of aromatic nitrogens is 1. The summed E-state index contributed by atoms with van der Waals surface area (Å²) in [5.41, 5.74) is 0. The van der Waals surface area contributed by atoms with Crippen LogP contribution in [0.25, 0.3) is 0 Å². The molecule has 0 unspecified atom stereocenters. The molecule has 0 aliphatic rings. The maximum absolute atomic E-state index is 12.1. The lowest BCUT2D eigenvalue weighted by Gasteiger charge is -1.84. The van der Waals surface area contributed by atoms with E-state index in [1.54, 1.807) is 0 Å². The van der Waals surface area contributed by atoms with Crippen LogP contribution >= 0.6 is 11.3 Å². The average molecular weight is 145 g/mol. The summed E-state index contributed by atoms with van der Waals surface area (Å²) in [6.07, 6.45) is 1.93. The molecule has 0 amide bonds. The van der Waals surface area contributed by atoms with Gasteiger partial charge < -0.3 is 0 Å². The number of hydrogen-bond donors (Lipinski definition) is 0. The molecule has 0 bridgehead atoms. The standard InChI is InChI=1S/C6H8FNS/c1-2-3-6-8-5(7)4-9-6/h4H,2-3H2,1H3. The van der Waals surface area contributed by atoms with Gasteiger partial charge in [0.2, 0.25) is 5.95 Å². The van der Waals surface area contributed by atoms with E-state index in [0.717, 1.165) is 17.8 Å². The van der Waals surface area contributed by atoms with Gasteiger partial charge >= 0.3 is 0 Å². The molecule has 0 radical (unpaired) electrons. The molecule has 1 rings (SSSR count). The van der Waals surface area contributed by atoms with Gasteiger partial charge in [-0.25, -0.2) is 4.98 Å². The molecule has 0 aliphatic heterocycles. The number of thiazole rings is 1. The first-order chi connectivity index (χ1) is 4.33. The van der Waals surface area contributed by atoms with Crippen LogP contribution in [0.2, 0.25) is 0 Å². The van der Waals surface area contributed by atoms with Crippen molar-refractivity contribution in [2.45, 2.75) is 19.8 Å². The first-order valence-electron chi connectivity index (χ1n) is 2.93. The van der Waals surface area contributed by atoms with Gasteiger partial charge in [-0.3, -0.25) is 0 Å². The topological polar surface area (TPSA) is 12.9 Å². The van der Waals surface area contributed by atoms with E-state index < -0.39 is 0 Å². The second-order valence-electron chi connectivity index (χ2n) is 1.81. The summed E-state index contributed by atoms with van der Waals surface area (Å²) < 4.78 is 12.1. The monoisotopic (exact) mass is 145 g/mol. The molecule has 1 aromatic heterocycles. The van der Waals surface area contributed by atoms with Gasteiger partial charge in [0.25, 0.3) is 0 Å². The van der Waals surface area contributed by atoms with E-state index in [9.17, 15) is 4.39 Å². The van der Waals surface area contributed by atoms with E-state index in [1.807, 2.05) is 0 Å². The van der Waals surface area contributed by atoms with Crippen LogP contribution < -0.4 is 0 Å². The van der Waals surface area contributed by atoms with Crippen molar-refractivity contribution in [3.8, 4) is 0 Å². The van der Waals surface area contributed by atoms with E-state index >= 15 is 0 Å². The van der Waals surface area contributed by atoms with Crippen molar-refractivity contribution in [3.63, 3.8) is 0 Å². The number of hydrogen-bond acceptors (Lipinski definition) is 2. The number of aryl methyl sites for hydroxylation is 1. The molecule has 0 aliphatic carbocycles. The van der Waals surface area contributed by atoms with E-state index in [0.29, 0.717) is 0 Å². The van der Waals surface area contributed by atoms with E-state index in [4.69, 9.17) is 0 Å². The molecular formula is C6H8FNS. The maximum Gasteiger partial charge on any atom is 0.223 e. The summed E-state index contributed by atoms with van der Waals surface area (Å²) in [4.78, 5) is 3.65. The van der Waals surface area contributed by atoms with Crippen molar-refractivity contribution in [1.29, 1.82) is 0 Å². The highest BCUT2D eigenvalue weighted by Gasteiger charge is 1.97. The summed E-state index contributed by atoms with van der Waals surface area (Å²) in [5.74, 6) is -0.344. The fourth-order valence-corrected chi connectivity index (χ4v) is 1.37. The van der Waals surface area contributed by atoms with Crippen LogP contribution in [0.1, 0.15) is 18.4 Å². The Bertz CT molecular complexity index is 185. The summed E-state index contributed by atoms with van der Waals surface area (Å²) in [7, 11) is 0. The van der Waals surface area contributed by atoms with Crippen LogP contribution in [0, 0.1) is 5.95 Å². The minimum atomic E-state index is -0.344. The smallest absolute Gasteiger partial charge is 0.213 e. The van der Waals surface area contributed by atoms with Gasteiger partial charge in [-0.15, -0.1) is 11.3 Å². The normalized spacial score (nSPS) is 10.0. The molecule has 0 atom stereocenters. The third kappa shape index (κ3) is 1.75. The Kier molecular flexibility index (Phi) is 2.16. The summed E-state index contributed by atoms with van der Waals surface area (Å²) in [5, 5.41) is 2.33. The molecule has 0 N–H and O–H groups in total. The van der Waals surface area contributed by atoms with Crippen LogP contribution in [0.3, 0.4) is 0 Å². The number of nitrogens with zero attached hydrogens (tertiary/aromatic N) is 1. The van der Waals surface area contributed by atoms with Crippen LogP contribution in [0.5, 0.6) is 0 Å². The minimum Gasteiger partial charge on any atom is -0.213 e. The second kappa shape index (κ2) is 2.92. The Balaban J connectivity index is 2.61. The van der Waals surface area contributed by atoms with Gasteiger partial charge in [0.1, 0.15) is 0 Å². The lowest BCUT2D eigenvalue weighted by atomic mass is 10.4. The summed E-state index contributed by atoms with van der Waals surface area (Å²) >= 11 is 1.39. The van der Waals surface area contributed by atoms with Gasteiger partial charge in [0.05, 0.1) is 5.01 Å². The Hall–Kier alpha value is -0.440. The predicted octanol–water partition coefficient (Wildman–Crippen LogP) is 2.23. The molecule has 0 spiro atoms. The molecule has 0 fully saturated rings. The van der Waals surface area contributed by atoms with E-state index in [-0.39, 0.29) is 5.95 Å². The van der Waals surface area contributed by atoms with E-state index in [2.05, 4.69) is 11.9 Å². The zero-order chi connectivity index (χ0) is 6.69. The van der Waals surface area contributed by atoms with Crippen LogP contribution in [-0.4, -0.2) is 4.98 Å². The first kappa shape index (κ1) is 6.68. The highest BCUT2D eigenvalue weighted by atomic mass is 32.1. The SMILES string of the molecule is CCCc1nc(F)cs1. The molecule has 9 heavy (non-hydrogen) atoms. The fraction of sp³-hybridized carbons (Fsp3) is 0.500. The molecular weight excluding hydrogens is 137 g/mol. The molecule has 0 aromatic carbocycles. The van der Waals surface area contributed by atoms with Gasteiger partial charge in [0, 0.05) is 5.38 Å². The highest BCUT2D eigenvalue weighted by Crippen LogP contribution is 2.09. The molecule has 0 saturated carbocycles. The Labute approximate surface area is 57.6 Å². The molecule has 0 saturated heterocycles. The Morgan fingerprint density at radius 3 is 3.00 bits per heavy atom. The van der Waals surface area contributed by atoms with Gasteiger partial charge in [-0.05, 0) is 12.8 Å². The van der Waals surface area contributed by atoms with Gasteiger partial charge in [-0.1, -0.05) is 6.92 Å². The van der Waals surface area contributed by atoms with Crippen molar-refractivity contribution < 1.29 is 4.39 Å². The van der Waals surface area contributed by atoms with Crippen molar-refractivity contribution in [3.05, 3.63) is 16.3 Å². The molecule has 1 nitrogen and oxygen atoms in total. The minimum absolute atomic E-state index is 0.344. The number of rotatable bonds is 2. The summed E-state index contributed by atoms with van der Waals surface area (Å²) in [6, 6.07) is 0. The predicted molar refractivity (Wildman–Crippen MR) is 36.1 cm³/mol. The summed E-state index contributed by atoms with van der Waals surface area (Å²) in [6.45, 7) is 2.05. The molecule has 3 heteroatoms. The van der Waals surface area contributed by atoms with Crippen LogP contribution in [0.15, 0.2) is 5.38 Å². The first-order valence-corrected chi connectivity index (χ1v) is 3.81. The third-order valence-electron chi connectivity index (χ3n) is 0.988. The lowest BCUT2D eigenvalue weighted by molar-refractivity contribution is 0.587. The van der Waals surface area contributed by atoms with Crippen LogP contribution in [-0.2, 0) is 6.42 Å². The lowest BCUT2D eigenvalue weighted by Crippen LogP contribution is -1.80. The zero-order valence-electron chi connectivity index (χ0n) is 5.22. The largest absolute Gasteiger partial charge is 0.223 e. The Morgan fingerprint density at radius 1 is 1.78 bits per heavy atom. The van der Waals surface area contributed by atoms with Gasteiger partial charge in [0.15, 0.2) is 0 Å². The fourth-order valence-electron chi connectivity index (χ4n) is 0.617. The second-order valence-corrected chi connectivity index (χ2v) is 2.76. The van der Waals surface area contributed by atoms with Gasteiger partial charge in [-0.2, -0.15) is 4.39 Å². The van der Waals surface area contributed by atoms with Crippen molar-refractivity contribution in [2.24, 2.45) is 0 Å². The van der Waals surface area contributed by atoms with Crippen molar-refractivity contribution in [2.75, 3.05) is 0 Å². The third-order valence-corrected chi connectivity index (χ3v) is 1.87. The molecule has 1 aromatic rings. The molecule has 50 valence electrons. The number of halogens is 1. The average Bonchev–Trinajstić information content (AvgIpc) is 2.17. The molecule has 1 heterocycles. The highest BCUT2D eigenvalue weighted by molar-refractivity contribution is 7.09. The van der Waals surface area contributed by atoms with Crippen molar-refractivity contribution in [1.82, 2.24) is 4.98 Å². The quantitative estimate of drug-likeness (QED) is 0.622. The Morgan fingerprint density at radius 2 is 2.56 bits per heavy atom. The van der Waals surface area contributed by atoms with Crippen LogP contribution in [0.4, 0.5) is 4.39 Å².